The molecule has 12 aromatic carbocycles. The van der Waals surface area contributed by atoms with Crippen LogP contribution in [-0.4, -0.2) is 61.2 Å². The summed E-state index contributed by atoms with van der Waals surface area (Å²) in [5, 5.41) is 48.6. The van der Waals surface area contributed by atoms with Crippen molar-refractivity contribution in [2.45, 2.75) is 0 Å². The second-order valence-electron chi connectivity index (χ2n) is 21.9. The Labute approximate surface area is 586 Å². The molecule has 0 saturated heterocycles. The van der Waals surface area contributed by atoms with Gasteiger partial charge >= 0.3 is 0 Å². The predicted molar refractivity (Wildman–Crippen MR) is 391 cm³/mol. The Kier molecular flexibility index (Phi) is 22.3. The minimum Gasteiger partial charge on any atom is -0.416 e. The van der Waals surface area contributed by atoms with Gasteiger partial charge in [-0.05, 0) is 146 Å². The minimum atomic E-state index is 0.546. The third kappa shape index (κ3) is 18.1. The Bertz CT molecular complexity index is 4170. The van der Waals surface area contributed by atoms with Crippen LogP contribution in [0.2, 0.25) is 0 Å². The number of aromatic nitrogens is 12. The highest BCUT2D eigenvalue weighted by Crippen LogP contribution is 2.29. The molecule has 0 amide bonds. The maximum atomic E-state index is 5.63. The molecule has 0 aliphatic rings. The van der Waals surface area contributed by atoms with Crippen molar-refractivity contribution in [3.8, 4) is 137 Å². The van der Waals surface area contributed by atoms with Crippen LogP contribution in [-0.2, 0) is 0 Å². The van der Waals surface area contributed by atoms with Gasteiger partial charge in [-0.3, -0.25) is 0 Å². The van der Waals surface area contributed by atoms with Crippen LogP contribution in [0.15, 0.2) is 390 Å². The summed E-state index contributed by atoms with van der Waals surface area (Å²) in [6.07, 6.45) is 0. The maximum absolute atomic E-state index is 5.63. The molecule has 0 N–H and O–H groups in total. The van der Waals surface area contributed by atoms with Gasteiger partial charge in [0, 0.05) is 66.8 Å². The molecule has 0 unspecified atom stereocenters. The first-order valence-corrected chi connectivity index (χ1v) is 32.3. The van der Waals surface area contributed by atoms with Crippen molar-refractivity contribution in [1.29, 1.82) is 0 Å². The number of nitrogens with zero attached hydrogens (tertiary/aromatic N) is 12. The lowest BCUT2D eigenvalue weighted by molar-refractivity contribution is 0.584. The molecule has 0 bridgehead atoms. The zero-order chi connectivity index (χ0) is 69.0. The van der Waals surface area contributed by atoms with Crippen molar-refractivity contribution < 1.29 is 26.5 Å². The van der Waals surface area contributed by atoms with Crippen molar-refractivity contribution in [3.63, 3.8) is 0 Å². The highest BCUT2D eigenvalue weighted by molar-refractivity contribution is 5.63. The maximum Gasteiger partial charge on any atom is 0.248 e. The molecule has 6 aromatic heterocycles. The van der Waals surface area contributed by atoms with Gasteiger partial charge in [0.2, 0.25) is 70.7 Å². The highest BCUT2D eigenvalue weighted by Gasteiger charge is 2.15. The van der Waals surface area contributed by atoms with E-state index in [0.717, 1.165) is 66.8 Å². The van der Waals surface area contributed by atoms with Gasteiger partial charge in [-0.2, -0.15) is 0 Å². The fraction of sp³-hybridized carbons (Fsp3) is 0. The second-order valence-corrected chi connectivity index (χ2v) is 21.9. The van der Waals surface area contributed by atoms with E-state index in [-0.39, 0.29) is 0 Å². The summed E-state index contributed by atoms with van der Waals surface area (Å²) in [6, 6.07) is 117. The Morgan fingerprint density at radius 1 is 0.0980 bits per heavy atom. The monoisotopic (exact) mass is 1330 g/mol. The van der Waals surface area contributed by atoms with Gasteiger partial charge in [0.05, 0.1) is 0 Å². The van der Waals surface area contributed by atoms with Gasteiger partial charge in [-0.25, -0.2) is 0 Å². The quantitative estimate of drug-likeness (QED) is 0.111. The Morgan fingerprint density at radius 3 is 0.235 bits per heavy atom. The molecule has 102 heavy (non-hydrogen) atoms. The van der Waals surface area contributed by atoms with E-state index in [1.54, 1.807) is 0 Å². The number of rotatable bonds is 12. The largest absolute Gasteiger partial charge is 0.416 e. The van der Waals surface area contributed by atoms with Crippen LogP contribution in [0.25, 0.3) is 137 Å². The molecule has 0 aliphatic carbocycles. The summed E-state index contributed by atoms with van der Waals surface area (Å²) < 4.78 is 33.8. The summed E-state index contributed by atoms with van der Waals surface area (Å²) >= 11 is 0. The standard InChI is InChI=1S/6C14H10N2O/c6*1-3-7-11(8-4-1)13-15-16-14(17-13)12-9-5-2-6-10-12/h6*1-10H. The van der Waals surface area contributed by atoms with Crippen molar-refractivity contribution in [2.24, 2.45) is 0 Å². The van der Waals surface area contributed by atoms with Gasteiger partial charge in [0.15, 0.2) is 0 Å². The number of hydrogen-bond acceptors (Lipinski definition) is 18. The van der Waals surface area contributed by atoms with Gasteiger partial charge in [0.25, 0.3) is 0 Å². The van der Waals surface area contributed by atoms with Crippen LogP contribution in [0.3, 0.4) is 0 Å². The van der Waals surface area contributed by atoms with E-state index >= 15 is 0 Å². The van der Waals surface area contributed by atoms with E-state index < -0.39 is 0 Å². The topological polar surface area (TPSA) is 234 Å². The smallest absolute Gasteiger partial charge is 0.248 e. The van der Waals surface area contributed by atoms with E-state index in [1.165, 1.54) is 0 Å². The fourth-order valence-electron chi connectivity index (χ4n) is 9.71. The molecule has 492 valence electrons. The lowest BCUT2D eigenvalue weighted by atomic mass is 10.2. The molecular weight excluding hydrogens is 1270 g/mol. The predicted octanol–water partition coefficient (Wildman–Crippen LogP) is 20.4. The minimum absolute atomic E-state index is 0.546. The first-order valence-electron chi connectivity index (χ1n) is 32.3. The summed E-state index contributed by atoms with van der Waals surface area (Å²) in [6.45, 7) is 0. The van der Waals surface area contributed by atoms with Gasteiger partial charge in [-0.1, -0.05) is 218 Å². The van der Waals surface area contributed by atoms with Crippen molar-refractivity contribution in [3.05, 3.63) is 364 Å². The molecule has 0 fully saturated rings. The molecule has 0 spiro atoms. The molecule has 18 nitrogen and oxygen atoms in total. The van der Waals surface area contributed by atoms with Crippen molar-refractivity contribution >= 4 is 0 Å². The third-order valence-corrected chi connectivity index (χ3v) is 14.8. The van der Waals surface area contributed by atoms with E-state index in [1.807, 2.05) is 364 Å². The Balaban J connectivity index is 0.000000109. The number of benzene rings is 12. The van der Waals surface area contributed by atoms with Crippen LogP contribution in [0, 0.1) is 0 Å². The van der Waals surface area contributed by atoms with Crippen LogP contribution >= 0.6 is 0 Å². The first kappa shape index (κ1) is 66.1. The second kappa shape index (κ2) is 34.4. The lowest BCUT2D eigenvalue weighted by Gasteiger charge is -1.93. The van der Waals surface area contributed by atoms with Gasteiger partial charge in [-0.15, -0.1) is 61.2 Å². The average molecular weight is 1330 g/mol. The SMILES string of the molecule is c1ccc(-c2nnc(-c3ccccc3)o2)cc1.c1ccc(-c2nnc(-c3ccccc3)o2)cc1.c1ccc(-c2nnc(-c3ccccc3)o2)cc1.c1ccc(-c2nnc(-c3ccccc3)o2)cc1.c1ccc(-c2nnc(-c3ccccc3)o2)cc1.c1ccc(-c2nnc(-c3ccccc3)o2)cc1. The summed E-state index contributed by atoms with van der Waals surface area (Å²) in [5.41, 5.74) is 11.2. The molecule has 0 radical (unpaired) electrons. The zero-order valence-electron chi connectivity index (χ0n) is 54.5. The Morgan fingerprint density at radius 2 is 0.167 bits per heavy atom. The lowest BCUT2D eigenvalue weighted by Crippen LogP contribution is -1.76. The molecule has 18 heteroatoms. The van der Waals surface area contributed by atoms with Crippen LogP contribution in [0.4, 0.5) is 0 Å². The molecular formula is C84H60N12O6. The zero-order valence-corrected chi connectivity index (χ0v) is 54.5. The molecule has 6 heterocycles. The van der Waals surface area contributed by atoms with Crippen LogP contribution in [0.1, 0.15) is 0 Å². The number of hydrogen-bond donors (Lipinski definition) is 0. The molecule has 0 atom stereocenters. The third-order valence-electron chi connectivity index (χ3n) is 14.8. The van der Waals surface area contributed by atoms with Crippen molar-refractivity contribution in [1.82, 2.24) is 61.2 Å². The van der Waals surface area contributed by atoms with Crippen LogP contribution < -0.4 is 0 Å². The fourth-order valence-corrected chi connectivity index (χ4v) is 9.71. The van der Waals surface area contributed by atoms with E-state index in [9.17, 15) is 0 Å². The summed E-state index contributed by atoms with van der Waals surface area (Å²) in [4.78, 5) is 0. The van der Waals surface area contributed by atoms with E-state index in [4.69, 9.17) is 26.5 Å². The first-order chi connectivity index (χ1) is 50.6. The molecule has 0 saturated carbocycles. The molecule has 0 aliphatic heterocycles. The Hall–Kier alpha value is -14.5. The van der Waals surface area contributed by atoms with Gasteiger partial charge in [0.1, 0.15) is 0 Å². The normalized spacial score (nSPS) is 10.4. The van der Waals surface area contributed by atoms with Crippen LogP contribution in [0.5, 0.6) is 0 Å². The summed E-state index contributed by atoms with van der Waals surface area (Å²) in [7, 11) is 0. The van der Waals surface area contributed by atoms with Gasteiger partial charge < -0.3 is 26.5 Å². The molecule has 18 aromatic rings. The molecule has 18 rings (SSSR count). The van der Waals surface area contributed by atoms with Crippen molar-refractivity contribution in [2.75, 3.05) is 0 Å². The van der Waals surface area contributed by atoms with E-state index in [0.29, 0.717) is 70.7 Å². The average Bonchev–Trinajstić information content (AvgIpc) is 1.82. The highest BCUT2D eigenvalue weighted by atomic mass is 16.4. The van der Waals surface area contributed by atoms with E-state index in [2.05, 4.69) is 61.2 Å². The summed E-state index contributed by atoms with van der Waals surface area (Å²) in [5.74, 6) is 6.55.